The Morgan fingerprint density at radius 1 is 0.207 bits per heavy atom. The van der Waals surface area contributed by atoms with E-state index in [1.807, 2.05) is 12.1 Å². The fourth-order valence-corrected chi connectivity index (χ4v) is 14.4. The number of rotatable bonds is 10. The van der Waals surface area contributed by atoms with E-state index in [2.05, 4.69) is 313 Å². The van der Waals surface area contributed by atoms with E-state index in [1.165, 1.54) is 0 Å². The van der Waals surface area contributed by atoms with Crippen molar-refractivity contribution >= 4 is 143 Å². The van der Waals surface area contributed by atoms with Crippen molar-refractivity contribution in [3.05, 3.63) is 315 Å². The zero-order chi connectivity index (χ0) is 60.4. The summed E-state index contributed by atoms with van der Waals surface area (Å²) in [6.07, 6.45) is 0. The highest BCUT2D eigenvalue weighted by molar-refractivity contribution is 6.31. The Morgan fingerprint density at radius 2 is 0.554 bits per heavy atom. The predicted molar refractivity (Wildman–Crippen MR) is 382 cm³/mol. The lowest BCUT2D eigenvalue weighted by Crippen LogP contribution is -2.10. The van der Waals surface area contributed by atoms with Gasteiger partial charge in [-0.2, -0.15) is 0 Å². The number of hydrogen-bond acceptors (Lipinski definition) is 6. The molecule has 430 valence electrons. The summed E-state index contributed by atoms with van der Waals surface area (Å²) in [5, 5.41) is 12.5. The monoisotopic (exact) mass is 1180 g/mol. The van der Waals surface area contributed by atoms with E-state index in [4.69, 9.17) is 17.7 Å². The third kappa shape index (κ3) is 8.07. The number of para-hydroxylation sites is 6. The van der Waals surface area contributed by atoms with Crippen LogP contribution in [0.15, 0.2) is 333 Å². The van der Waals surface area contributed by atoms with Gasteiger partial charge >= 0.3 is 0 Å². The zero-order valence-corrected chi connectivity index (χ0v) is 49.5. The van der Waals surface area contributed by atoms with Crippen LogP contribution < -0.4 is 9.80 Å². The van der Waals surface area contributed by atoms with Crippen molar-refractivity contribution in [3.8, 4) is 44.5 Å². The van der Waals surface area contributed by atoms with Crippen molar-refractivity contribution in [3.63, 3.8) is 0 Å². The van der Waals surface area contributed by atoms with E-state index < -0.39 is 0 Å². The summed E-state index contributed by atoms with van der Waals surface area (Å²) >= 11 is 0. The van der Waals surface area contributed by atoms with Crippen LogP contribution in [0.4, 0.5) is 34.1 Å². The summed E-state index contributed by atoms with van der Waals surface area (Å²) in [4.78, 5) is 4.61. The molecule has 0 bridgehead atoms. The number of hydrogen-bond donors (Lipinski definition) is 0. The Morgan fingerprint density at radius 3 is 0.946 bits per heavy atom. The number of fused-ring (bicyclic) bond motifs is 15. The van der Waals surface area contributed by atoms with Crippen LogP contribution in [0.5, 0.6) is 0 Å². The second kappa shape index (κ2) is 20.6. The molecular weight excluding hydrogens is 1120 g/mol. The maximum Gasteiger partial charge on any atom is 0.179 e. The first-order chi connectivity index (χ1) is 45.6. The van der Waals surface area contributed by atoms with Crippen LogP contribution in [0.25, 0.3) is 154 Å². The average molecular weight is 1180 g/mol. The lowest BCUT2D eigenvalue weighted by molar-refractivity contribution is 0.634. The number of furan rings is 4. The topological polar surface area (TPSA) is 59.0 Å². The van der Waals surface area contributed by atoms with Crippen molar-refractivity contribution in [2.75, 3.05) is 9.80 Å². The van der Waals surface area contributed by atoms with Gasteiger partial charge in [-0.05, 0) is 129 Å². The largest absolute Gasteiger partial charge is 0.453 e. The van der Waals surface area contributed by atoms with E-state index in [0.717, 1.165) is 177 Å². The summed E-state index contributed by atoms with van der Waals surface area (Å²) in [6, 6.07) is 112. The van der Waals surface area contributed by atoms with Gasteiger partial charge < -0.3 is 27.5 Å². The Bertz CT molecular complexity index is 5730. The first-order valence-corrected chi connectivity index (χ1v) is 31.2. The van der Waals surface area contributed by atoms with Crippen molar-refractivity contribution in [2.24, 2.45) is 0 Å². The minimum absolute atomic E-state index is 0.701. The molecule has 6 nitrogen and oxygen atoms in total. The smallest absolute Gasteiger partial charge is 0.179 e. The van der Waals surface area contributed by atoms with Crippen LogP contribution in [0.1, 0.15) is 0 Å². The molecule has 4 heterocycles. The van der Waals surface area contributed by atoms with Crippen molar-refractivity contribution in [1.82, 2.24) is 0 Å². The van der Waals surface area contributed by atoms with Crippen molar-refractivity contribution < 1.29 is 17.7 Å². The Kier molecular flexibility index (Phi) is 11.6. The molecule has 4 aromatic heterocycles. The molecule has 6 heteroatoms. The molecule has 15 aromatic carbocycles. The Hall–Kier alpha value is -12.4. The average Bonchev–Trinajstić information content (AvgIpc) is 1.55. The molecule has 0 amide bonds. The van der Waals surface area contributed by atoms with Gasteiger partial charge in [-0.25, -0.2) is 0 Å². The molecule has 19 aromatic rings. The van der Waals surface area contributed by atoms with Gasteiger partial charge in [-0.3, -0.25) is 0 Å². The minimum Gasteiger partial charge on any atom is -0.453 e. The highest BCUT2D eigenvalue weighted by atomic mass is 16.4. The van der Waals surface area contributed by atoms with E-state index in [-0.39, 0.29) is 0 Å². The van der Waals surface area contributed by atoms with Gasteiger partial charge in [0.2, 0.25) is 0 Å². The molecule has 0 aliphatic rings. The number of benzene rings is 15. The molecule has 0 aliphatic carbocycles. The summed E-state index contributed by atoms with van der Waals surface area (Å²) in [7, 11) is 0. The van der Waals surface area contributed by atoms with E-state index in [1.54, 1.807) is 0 Å². The second-order valence-corrected chi connectivity index (χ2v) is 23.8. The van der Waals surface area contributed by atoms with Gasteiger partial charge in [-0.15, -0.1) is 0 Å². The first kappa shape index (κ1) is 51.6. The van der Waals surface area contributed by atoms with Gasteiger partial charge in [-0.1, -0.05) is 231 Å². The van der Waals surface area contributed by atoms with Crippen LogP contribution in [-0.4, -0.2) is 0 Å². The van der Waals surface area contributed by atoms with Crippen molar-refractivity contribution in [2.45, 2.75) is 0 Å². The Labute approximate surface area is 527 Å². The third-order valence-electron chi connectivity index (χ3n) is 18.5. The quantitative estimate of drug-likeness (QED) is 0.136. The van der Waals surface area contributed by atoms with Crippen molar-refractivity contribution in [1.29, 1.82) is 0 Å². The van der Waals surface area contributed by atoms with Gasteiger partial charge in [0.1, 0.15) is 22.3 Å². The molecule has 0 unspecified atom stereocenters. The number of nitrogens with zero attached hydrogens (tertiary/aromatic N) is 2. The van der Waals surface area contributed by atoms with E-state index >= 15 is 0 Å². The summed E-state index contributed by atoms with van der Waals surface area (Å²) in [5.74, 6) is 0. The maximum absolute atomic E-state index is 7.36. The third-order valence-corrected chi connectivity index (χ3v) is 18.5. The standard InChI is InChI=1S/C86H52N2O4/c1-7-23-53(24-8-1)65-35-19-37-67-69-39-21-41-73(83(69)91-81(65)67)87(61-31-15-5-16-32-61)63-45-43-57-49-71-75(51-59(57)47-63)89-85-79(71)77(55-27-11-3-12-28-55)78(56-29-13-4-14-30-56)80-72-50-58-44-46-64(48-60(58)52-76(72)90-86(80)85)88(62-33-17-6-18-34-62)74-42-22-40-70-68-38-20-36-66(82(68)92-84(70)74)54-25-9-2-10-26-54/h1-52H. The van der Waals surface area contributed by atoms with Crippen LogP contribution >= 0.6 is 0 Å². The molecule has 0 radical (unpaired) electrons. The molecule has 0 saturated carbocycles. The molecule has 0 saturated heterocycles. The lowest BCUT2D eigenvalue weighted by atomic mass is 9.87. The van der Waals surface area contributed by atoms with Gasteiger partial charge in [0.15, 0.2) is 22.3 Å². The van der Waals surface area contributed by atoms with Gasteiger partial charge in [0.05, 0.1) is 11.4 Å². The lowest BCUT2D eigenvalue weighted by Gasteiger charge is -2.25. The normalized spacial score (nSPS) is 11.9. The molecule has 19 rings (SSSR count). The molecule has 0 spiro atoms. The molecular formula is C86H52N2O4. The maximum atomic E-state index is 7.36. The SMILES string of the molecule is c1ccc(-c2cccc3c2oc2c(N(c4ccccc4)c4ccc5cc6c(cc5c4)oc4c5oc7cc8cc(N(c9ccccc9)c9cccc%10c9oc9c(-c%11ccccc%11)cccc9%10)ccc8cc7c5c(-c5ccccc5)c(-c5ccccc5)c64)cccc23)cc1. The highest BCUT2D eigenvalue weighted by Gasteiger charge is 2.29. The first-order valence-electron chi connectivity index (χ1n) is 31.2. The van der Waals surface area contributed by atoms with Crippen LogP contribution in [0.2, 0.25) is 0 Å². The molecule has 0 aliphatic heterocycles. The van der Waals surface area contributed by atoms with Crippen LogP contribution in [0, 0.1) is 0 Å². The minimum atomic E-state index is 0.701. The van der Waals surface area contributed by atoms with E-state index in [9.17, 15) is 0 Å². The summed E-state index contributed by atoms with van der Waals surface area (Å²) in [6.45, 7) is 0. The summed E-state index contributed by atoms with van der Waals surface area (Å²) < 4.78 is 28.8. The van der Waals surface area contributed by atoms with E-state index in [0.29, 0.717) is 11.2 Å². The fourth-order valence-electron chi connectivity index (χ4n) is 14.4. The van der Waals surface area contributed by atoms with Gasteiger partial charge in [0, 0.05) is 88.1 Å². The molecule has 0 atom stereocenters. The van der Waals surface area contributed by atoms with Crippen LogP contribution in [-0.2, 0) is 0 Å². The fraction of sp³-hybridized carbons (Fsp3) is 0. The molecule has 92 heavy (non-hydrogen) atoms. The number of anilines is 6. The molecule has 0 N–H and O–H groups in total. The molecule has 0 fully saturated rings. The van der Waals surface area contributed by atoms with Crippen LogP contribution in [0.3, 0.4) is 0 Å². The zero-order valence-electron chi connectivity index (χ0n) is 49.5. The Balaban J connectivity index is 0.807. The second-order valence-electron chi connectivity index (χ2n) is 23.8. The summed E-state index contributed by atoms with van der Waals surface area (Å²) in [5.41, 5.74) is 20.9. The van der Waals surface area contributed by atoms with Gasteiger partial charge in [0.25, 0.3) is 0 Å². The highest BCUT2D eigenvalue weighted by Crippen LogP contribution is 2.53. The predicted octanol–water partition coefficient (Wildman–Crippen LogP) is 25.2.